The average Bonchev–Trinajstić information content (AvgIpc) is 2.55. The molecule has 0 heterocycles. The van der Waals surface area contributed by atoms with Crippen molar-refractivity contribution in [1.82, 2.24) is 0 Å². The molecule has 0 bridgehead atoms. The van der Waals surface area contributed by atoms with E-state index >= 15 is 0 Å². The lowest BCUT2D eigenvalue weighted by molar-refractivity contribution is -0.137. The third-order valence-electron chi connectivity index (χ3n) is 3.15. The van der Waals surface area contributed by atoms with E-state index in [1.54, 1.807) is 12.1 Å². The minimum atomic E-state index is -4.41. The zero-order chi connectivity index (χ0) is 18.3. The van der Waals surface area contributed by atoms with E-state index in [2.05, 4.69) is 10.3 Å². The van der Waals surface area contributed by atoms with Crippen LogP contribution in [0.2, 0.25) is 0 Å². The van der Waals surface area contributed by atoms with E-state index in [0.29, 0.717) is 0 Å². The average molecular weight is 347 g/mol. The maximum absolute atomic E-state index is 12.6. The van der Waals surface area contributed by atoms with Gasteiger partial charge in [-0.3, -0.25) is 4.79 Å². The SMILES string of the molecule is NC(/C=C\Nc1cccc(C(F)(F)F)c1)=NC(=O)Cc1ccccc1. The summed E-state index contributed by atoms with van der Waals surface area (Å²) in [6, 6.07) is 13.8. The lowest BCUT2D eigenvalue weighted by atomic mass is 10.1. The van der Waals surface area contributed by atoms with Crippen molar-refractivity contribution in [3.05, 3.63) is 78.0 Å². The van der Waals surface area contributed by atoms with Crippen molar-refractivity contribution >= 4 is 17.4 Å². The molecule has 0 spiro atoms. The second-order valence-electron chi connectivity index (χ2n) is 5.15. The summed E-state index contributed by atoms with van der Waals surface area (Å²) in [5, 5.41) is 2.66. The molecule has 0 atom stereocenters. The quantitative estimate of drug-likeness (QED) is 0.639. The molecule has 0 aromatic heterocycles. The summed E-state index contributed by atoms with van der Waals surface area (Å²) in [6.07, 6.45) is -1.66. The van der Waals surface area contributed by atoms with Crippen LogP contribution in [0.15, 0.2) is 71.9 Å². The van der Waals surface area contributed by atoms with Gasteiger partial charge < -0.3 is 11.1 Å². The summed E-state index contributed by atoms with van der Waals surface area (Å²) in [5.74, 6) is -0.451. The summed E-state index contributed by atoms with van der Waals surface area (Å²) in [7, 11) is 0. The maximum atomic E-state index is 12.6. The molecule has 0 fully saturated rings. The van der Waals surface area contributed by atoms with Gasteiger partial charge in [0.05, 0.1) is 12.0 Å². The van der Waals surface area contributed by atoms with Crippen LogP contribution in [0, 0.1) is 0 Å². The minimum Gasteiger partial charge on any atom is -0.384 e. The van der Waals surface area contributed by atoms with Crippen LogP contribution in [0.4, 0.5) is 18.9 Å². The molecule has 4 nitrogen and oxygen atoms in total. The molecule has 0 aliphatic heterocycles. The number of halogens is 3. The number of amidine groups is 1. The second kappa shape index (κ2) is 8.14. The van der Waals surface area contributed by atoms with E-state index in [4.69, 9.17) is 5.73 Å². The summed E-state index contributed by atoms with van der Waals surface area (Å²) < 4.78 is 37.9. The highest BCUT2D eigenvalue weighted by Gasteiger charge is 2.30. The topological polar surface area (TPSA) is 67.5 Å². The summed E-state index contributed by atoms with van der Waals surface area (Å²) in [5.41, 5.74) is 5.92. The van der Waals surface area contributed by atoms with Gasteiger partial charge in [0, 0.05) is 11.9 Å². The number of nitrogens with two attached hydrogens (primary N) is 1. The van der Waals surface area contributed by atoms with Crippen molar-refractivity contribution in [2.75, 3.05) is 5.32 Å². The third-order valence-corrected chi connectivity index (χ3v) is 3.15. The van der Waals surface area contributed by atoms with Crippen molar-refractivity contribution in [3.63, 3.8) is 0 Å². The second-order valence-corrected chi connectivity index (χ2v) is 5.15. The third kappa shape index (κ3) is 6.14. The number of hydrogen-bond donors (Lipinski definition) is 2. The monoisotopic (exact) mass is 347 g/mol. The van der Waals surface area contributed by atoms with E-state index in [0.717, 1.165) is 17.7 Å². The molecule has 0 saturated carbocycles. The molecule has 0 aliphatic rings. The molecule has 25 heavy (non-hydrogen) atoms. The van der Waals surface area contributed by atoms with E-state index in [-0.39, 0.29) is 17.9 Å². The summed E-state index contributed by atoms with van der Waals surface area (Å²) in [6.45, 7) is 0. The number of carbonyl (C=O) groups is 1. The number of nitrogens with zero attached hydrogens (tertiary/aromatic N) is 1. The largest absolute Gasteiger partial charge is 0.416 e. The fourth-order valence-electron chi connectivity index (χ4n) is 2.00. The van der Waals surface area contributed by atoms with Crippen molar-refractivity contribution in [3.8, 4) is 0 Å². The molecule has 1 amide bonds. The summed E-state index contributed by atoms with van der Waals surface area (Å²) in [4.78, 5) is 15.5. The standard InChI is InChI=1S/C18H16F3N3O/c19-18(20,21)14-7-4-8-15(12-14)23-10-9-16(22)24-17(25)11-13-5-2-1-3-6-13/h1-10,12,23H,11H2,(H2,22,24,25)/b10-9-. The van der Waals surface area contributed by atoms with Crippen molar-refractivity contribution < 1.29 is 18.0 Å². The molecule has 3 N–H and O–H groups in total. The van der Waals surface area contributed by atoms with Gasteiger partial charge in [-0.05, 0) is 29.8 Å². The van der Waals surface area contributed by atoms with Crippen LogP contribution >= 0.6 is 0 Å². The Kier molecular flexibility index (Phi) is 5.94. The van der Waals surface area contributed by atoms with Crippen molar-refractivity contribution in [2.45, 2.75) is 12.6 Å². The molecular formula is C18H16F3N3O. The van der Waals surface area contributed by atoms with Crippen LogP contribution in [0.25, 0.3) is 0 Å². The number of aliphatic imine (C=N–C) groups is 1. The molecule has 130 valence electrons. The highest BCUT2D eigenvalue weighted by molar-refractivity contribution is 6.00. The Balaban J connectivity index is 1.94. The van der Waals surface area contributed by atoms with Gasteiger partial charge in [-0.1, -0.05) is 36.4 Å². The number of alkyl halides is 3. The molecule has 7 heteroatoms. The van der Waals surface area contributed by atoms with Gasteiger partial charge in [0.1, 0.15) is 5.84 Å². The van der Waals surface area contributed by atoms with E-state index in [1.807, 2.05) is 18.2 Å². The first-order valence-electron chi connectivity index (χ1n) is 7.36. The highest BCUT2D eigenvalue weighted by atomic mass is 19.4. The predicted molar refractivity (Wildman–Crippen MR) is 91.0 cm³/mol. The smallest absolute Gasteiger partial charge is 0.384 e. The molecule has 2 aromatic rings. The molecule has 2 rings (SSSR count). The Hall–Kier alpha value is -3.09. The summed E-state index contributed by atoms with van der Waals surface area (Å²) >= 11 is 0. The predicted octanol–water partition coefficient (Wildman–Crippen LogP) is 3.76. The Morgan fingerprint density at radius 1 is 1.12 bits per heavy atom. The zero-order valence-corrected chi connectivity index (χ0v) is 13.1. The van der Waals surface area contributed by atoms with Gasteiger partial charge in [-0.25, -0.2) is 0 Å². The first-order valence-corrected chi connectivity index (χ1v) is 7.36. The van der Waals surface area contributed by atoms with Crippen LogP contribution in [0.5, 0.6) is 0 Å². The van der Waals surface area contributed by atoms with Gasteiger partial charge in [0.15, 0.2) is 0 Å². The number of anilines is 1. The number of hydrogen-bond acceptors (Lipinski definition) is 2. The fourth-order valence-corrected chi connectivity index (χ4v) is 2.00. The number of benzene rings is 2. The van der Waals surface area contributed by atoms with Gasteiger partial charge in [0.2, 0.25) is 0 Å². The molecule has 0 unspecified atom stereocenters. The Bertz CT molecular complexity index is 784. The number of carbonyl (C=O) groups excluding carboxylic acids is 1. The first-order chi connectivity index (χ1) is 11.8. The van der Waals surface area contributed by atoms with E-state index < -0.39 is 17.6 Å². The highest BCUT2D eigenvalue weighted by Crippen LogP contribution is 2.30. The minimum absolute atomic E-state index is 0.0413. The molecule has 0 saturated heterocycles. The zero-order valence-electron chi connectivity index (χ0n) is 13.1. The van der Waals surface area contributed by atoms with Crippen LogP contribution in [0.1, 0.15) is 11.1 Å². The number of rotatable bonds is 5. The lowest BCUT2D eigenvalue weighted by Crippen LogP contribution is -2.13. The normalized spacial score (nSPS) is 12.4. The van der Waals surface area contributed by atoms with E-state index in [9.17, 15) is 18.0 Å². The lowest BCUT2D eigenvalue weighted by Gasteiger charge is -2.08. The van der Waals surface area contributed by atoms with Crippen LogP contribution in [-0.2, 0) is 17.4 Å². The number of amides is 1. The number of nitrogens with one attached hydrogen (secondary N) is 1. The Labute approximate surface area is 142 Å². The molecule has 0 aliphatic carbocycles. The fraction of sp³-hybridized carbons (Fsp3) is 0.111. The maximum Gasteiger partial charge on any atom is 0.416 e. The molecule has 0 radical (unpaired) electrons. The first kappa shape index (κ1) is 18.3. The van der Waals surface area contributed by atoms with Gasteiger partial charge in [-0.2, -0.15) is 18.2 Å². The van der Waals surface area contributed by atoms with E-state index in [1.165, 1.54) is 24.4 Å². The van der Waals surface area contributed by atoms with Gasteiger partial charge in [0.25, 0.3) is 5.91 Å². The molecular weight excluding hydrogens is 331 g/mol. The molecule has 2 aromatic carbocycles. The van der Waals surface area contributed by atoms with Gasteiger partial charge in [-0.15, -0.1) is 0 Å². The van der Waals surface area contributed by atoms with Crippen LogP contribution in [0.3, 0.4) is 0 Å². The van der Waals surface area contributed by atoms with Crippen molar-refractivity contribution in [1.29, 1.82) is 0 Å². The van der Waals surface area contributed by atoms with Crippen molar-refractivity contribution in [2.24, 2.45) is 10.7 Å². The van der Waals surface area contributed by atoms with Gasteiger partial charge >= 0.3 is 6.18 Å². The van der Waals surface area contributed by atoms with Crippen LogP contribution < -0.4 is 11.1 Å². The Morgan fingerprint density at radius 2 is 1.84 bits per heavy atom. The Morgan fingerprint density at radius 3 is 2.52 bits per heavy atom. The van der Waals surface area contributed by atoms with Crippen LogP contribution in [-0.4, -0.2) is 11.7 Å².